The molecule has 9 nitrogen and oxygen atoms in total. The van der Waals surface area contributed by atoms with Crippen LogP contribution in [0.15, 0.2) is 85.1 Å². The van der Waals surface area contributed by atoms with Crippen molar-refractivity contribution < 1.29 is 37.3 Å². The van der Waals surface area contributed by atoms with Crippen molar-refractivity contribution >= 4 is 19.7 Å². The zero-order valence-corrected chi connectivity index (χ0v) is 62.4. The SMILES string of the molecule is CC/C=C\C/C=C\C/C=C\C/C=C\C/C=C\CCCCCCCCCCCCCC(=O)NC(COP(=O)([O-])OCC[N+](C)(C)C)C(/C=C/CCCCCCCCCCCC)OC(=O)CCCCCCCCCCCCCCCCCCC/C=C/CCCCCCCC. The molecule has 0 fully saturated rings. The van der Waals surface area contributed by atoms with Crippen LogP contribution < -0.4 is 10.2 Å². The highest BCUT2D eigenvalue weighted by Crippen LogP contribution is 2.38. The van der Waals surface area contributed by atoms with Crippen LogP contribution in [0.25, 0.3) is 0 Å². The fourth-order valence-electron chi connectivity index (χ4n) is 11.5. The van der Waals surface area contributed by atoms with Gasteiger partial charge < -0.3 is 28.5 Å². The molecule has 1 amide bonds. The standard InChI is InChI=1S/C82H151N2O7P/c1-7-10-13-16-19-22-25-28-30-32-34-36-38-40-42-44-46-48-50-52-54-56-59-62-65-68-71-74-81(85)83-79(78-90-92(87,88)89-77-76-84(4,5)6)80(73-70-67-64-61-58-27-24-21-18-15-12-9-3)91-82(86)75-72-69-66-63-60-57-55-53-51-49-47-45-43-41-39-37-35-33-31-29-26-23-20-17-14-11-8-2/h10,13,19,22,28-31,34,36,40,42,70,73,79-80H,7-9,11-12,14-18,20-21,23-27,32-33,35,37-39,41,43-69,71-72,74-78H2,1-6H3,(H-,83,85,87,88)/b13-10-,22-19-,30-28-,31-29+,36-34-,42-40-,73-70+. The molecule has 0 aliphatic rings. The number of carbonyl (C=O) groups excluding carboxylic acids is 2. The maximum atomic E-state index is 13.6. The summed E-state index contributed by atoms with van der Waals surface area (Å²) in [5.41, 5.74) is 0. The number of hydrogen-bond donors (Lipinski definition) is 1. The van der Waals surface area contributed by atoms with E-state index in [1.807, 2.05) is 33.3 Å². The van der Waals surface area contributed by atoms with Gasteiger partial charge in [-0.25, -0.2) is 0 Å². The first-order chi connectivity index (χ1) is 44.9. The first kappa shape index (κ1) is 89.2. The van der Waals surface area contributed by atoms with Gasteiger partial charge in [0.05, 0.1) is 33.8 Å². The van der Waals surface area contributed by atoms with Crippen LogP contribution >= 0.6 is 7.82 Å². The van der Waals surface area contributed by atoms with E-state index in [1.165, 1.54) is 238 Å². The van der Waals surface area contributed by atoms with Gasteiger partial charge in [-0.05, 0) is 102 Å². The fraction of sp³-hybridized carbons (Fsp3) is 0.805. The number of nitrogens with one attached hydrogen (secondary N) is 1. The molecular weight excluding hydrogens is 1160 g/mol. The van der Waals surface area contributed by atoms with Crippen LogP contribution in [0.4, 0.5) is 0 Å². The van der Waals surface area contributed by atoms with E-state index < -0.39 is 20.0 Å². The molecule has 0 aromatic heterocycles. The number of phosphoric acid groups is 1. The van der Waals surface area contributed by atoms with Crippen LogP contribution in [-0.4, -0.2) is 69.4 Å². The Morgan fingerprint density at radius 3 is 1.05 bits per heavy atom. The molecule has 0 heterocycles. The lowest BCUT2D eigenvalue weighted by atomic mass is 10.0. The molecule has 92 heavy (non-hydrogen) atoms. The Morgan fingerprint density at radius 1 is 0.391 bits per heavy atom. The summed E-state index contributed by atoms with van der Waals surface area (Å²) in [6.45, 7) is 6.77. The summed E-state index contributed by atoms with van der Waals surface area (Å²) in [6.07, 6.45) is 95.8. The van der Waals surface area contributed by atoms with Gasteiger partial charge in [0.1, 0.15) is 19.3 Å². The van der Waals surface area contributed by atoms with Crippen molar-refractivity contribution in [1.29, 1.82) is 0 Å². The van der Waals surface area contributed by atoms with E-state index in [0.29, 0.717) is 17.4 Å². The normalized spacial score (nSPS) is 13.9. The molecule has 3 atom stereocenters. The minimum Gasteiger partial charge on any atom is -0.756 e. The lowest BCUT2D eigenvalue weighted by Gasteiger charge is -2.30. The van der Waals surface area contributed by atoms with Crippen molar-refractivity contribution in [2.24, 2.45) is 0 Å². The van der Waals surface area contributed by atoms with Gasteiger partial charge in [0.15, 0.2) is 0 Å². The van der Waals surface area contributed by atoms with Crippen molar-refractivity contribution in [3.05, 3.63) is 85.1 Å². The molecule has 0 saturated carbocycles. The number of rotatable bonds is 72. The fourth-order valence-corrected chi connectivity index (χ4v) is 12.3. The number of phosphoric ester groups is 1. The number of nitrogens with zero attached hydrogens (tertiary/aromatic N) is 1. The Bertz CT molecular complexity index is 1850. The van der Waals surface area contributed by atoms with E-state index in [1.54, 1.807) is 0 Å². The topological polar surface area (TPSA) is 114 Å². The number of hydrogen-bond acceptors (Lipinski definition) is 7. The number of allylic oxidation sites excluding steroid dienone is 13. The second kappa shape index (κ2) is 71.0. The summed E-state index contributed by atoms with van der Waals surface area (Å²) in [7, 11) is 1.19. The molecule has 0 aliphatic carbocycles. The second-order valence-corrected chi connectivity index (χ2v) is 29.2. The van der Waals surface area contributed by atoms with E-state index in [0.717, 1.165) is 103 Å². The molecule has 536 valence electrons. The van der Waals surface area contributed by atoms with Crippen molar-refractivity contribution in [3.8, 4) is 0 Å². The van der Waals surface area contributed by atoms with Gasteiger partial charge in [0, 0.05) is 12.8 Å². The number of quaternary nitrogens is 1. The summed E-state index contributed by atoms with van der Waals surface area (Å²) in [5.74, 6) is -0.531. The quantitative estimate of drug-likeness (QED) is 0.0212. The number of ether oxygens (including phenoxy) is 1. The summed E-state index contributed by atoms with van der Waals surface area (Å²) >= 11 is 0. The van der Waals surface area contributed by atoms with Gasteiger partial charge in [-0.15, -0.1) is 0 Å². The lowest BCUT2D eigenvalue weighted by molar-refractivity contribution is -0.870. The number of amides is 1. The highest BCUT2D eigenvalue weighted by atomic mass is 31.2. The molecular formula is C82H151N2O7P. The molecule has 10 heteroatoms. The molecule has 1 N–H and O–H groups in total. The second-order valence-electron chi connectivity index (χ2n) is 27.8. The first-order valence-corrected chi connectivity index (χ1v) is 40.9. The van der Waals surface area contributed by atoms with Crippen molar-refractivity contribution in [2.75, 3.05) is 40.9 Å². The van der Waals surface area contributed by atoms with E-state index in [-0.39, 0.29) is 31.5 Å². The van der Waals surface area contributed by atoms with Crippen LogP contribution in [0.2, 0.25) is 0 Å². The molecule has 3 unspecified atom stereocenters. The van der Waals surface area contributed by atoms with Gasteiger partial charge in [-0.1, -0.05) is 344 Å². The van der Waals surface area contributed by atoms with Gasteiger partial charge in [-0.2, -0.15) is 0 Å². The van der Waals surface area contributed by atoms with Gasteiger partial charge in [-0.3, -0.25) is 14.2 Å². The summed E-state index contributed by atoms with van der Waals surface area (Å²) in [6, 6.07) is -0.894. The zero-order chi connectivity index (χ0) is 67.0. The Labute approximate surface area is 571 Å². The van der Waals surface area contributed by atoms with Crippen LogP contribution in [0, 0.1) is 0 Å². The Balaban J connectivity index is 4.93. The summed E-state index contributed by atoms with van der Waals surface area (Å²) < 4.78 is 30.5. The maximum absolute atomic E-state index is 13.6. The van der Waals surface area contributed by atoms with Crippen LogP contribution in [0.1, 0.15) is 374 Å². The van der Waals surface area contributed by atoms with Crippen molar-refractivity contribution in [1.82, 2.24) is 5.32 Å². The average molecular weight is 1310 g/mol. The molecule has 0 aromatic rings. The van der Waals surface area contributed by atoms with Crippen molar-refractivity contribution in [2.45, 2.75) is 386 Å². The van der Waals surface area contributed by atoms with Crippen LogP contribution in [0.3, 0.4) is 0 Å². The van der Waals surface area contributed by atoms with Crippen molar-refractivity contribution in [3.63, 3.8) is 0 Å². The Kier molecular flexibility index (Phi) is 68.8. The molecule has 0 spiro atoms. The van der Waals surface area contributed by atoms with E-state index in [2.05, 4.69) is 99.0 Å². The molecule has 0 aliphatic heterocycles. The van der Waals surface area contributed by atoms with E-state index in [4.69, 9.17) is 13.8 Å². The largest absolute Gasteiger partial charge is 0.756 e. The highest BCUT2D eigenvalue weighted by molar-refractivity contribution is 7.45. The maximum Gasteiger partial charge on any atom is 0.306 e. The number of esters is 1. The molecule has 0 aromatic carbocycles. The Hall–Kier alpha value is -2.81. The molecule has 0 radical (unpaired) electrons. The summed E-state index contributed by atoms with van der Waals surface area (Å²) in [5, 5.41) is 3.05. The first-order valence-electron chi connectivity index (χ1n) is 39.4. The van der Waals surface area contributed by atoms with Crippen LogP contribution in [-0.2, 0) is 27.9 Å². The number of likely N-dealkylation sites (N-methyl/N-ethyl adjacent to an activating group) is 1. The minimum absolute atomic E-state index is 0.0239. The highest BCUT2D eigenvalue weighted by Gasteiger charge is 2.27. The third kappa shape index (κ3) is 71.5. The third-order valence-electron chi connectivity index (χ3n) is 17.6. The predicted molar refractivity (Wildman–Crippen MR) is 399 cm³/mol. The van der Waals surface area contributed by atoms with Crippen LogP contribution in [0.5, 0.6) is 0 Å². The predicted octanol–water partition coefficient (Wildman–Crippen LogP) is 25.0. The third-order valence-corrected chi connectivity index (χ3v) is 18.5. The molecule has 0 bridgehead atoms. The lowest BCUT2D eigenvalue weighted by Crippen LogP contribution is -2.47. The zero-order valence-electron chi connectivity index (χ0n) is 61.5. The van der Waals surface area contributed by atoms with Gasteiger partial charge >= 0.3 is 5.97 Å². The summed E-state index contributed by atoms with van der Waals surface area (Å²) in [4.78, 5) is 40.3. The number of unbranched alkanes of at least 4 members (excludes halogenated alkanes) is 44. The number of carbonyl (C=O) groups is 2. The Morgan fingerprint density at radius 2 is 0.696 bits per heavy atom. The van der Waals surface area contributed by atoms with Gasteiger partial charge in [0.25, 0.3) is 7.82 Å². The van der Waals surface area contributed by atoms with E-state index in [9.17, 15) is 19.0 Å². The average Bonchev–Trinajstić information content (AvgIpc) is 3.69. The molecule has 0 rings (SSSR count). The van der Waals surface area contributed by atoms with Gasteiger partial charge in [0.2, 0.25) is 5.91 Å². The minimum atomic E-state index is -4.71. The smallest absolute Gasteiger partial charge is 0.306 e. The molecule has 0 saturated heterocycles. The van der Waals surface area contributed by atoms with E-state index >= 15 is 0 Å². The monoisotopic (exact) mass is 1310 g/mol.